The van der Waals surface area contributed by atoms with Gasteiger partial charge in [-0.2, -0.15) is 0 Å². The van der Waals surface area contributed by atoms with E-state index in [0.717, 1.165) is 11.3 Å². The lowest BCUT2D eigenvalue weighted by Crippen LogP contribution is -2.14. The predicted molar refractivity (Wildman–Crippen MR) is 75.6 cm³/mol. The van der Waals surface area contributed by atoms with Gasteiger partial charge < -0.3 is 5.73 Å². The Bertz CT molecular complexity index is 573. The standard InChI is InChI=1S/C14H16ClN3/c1-14(2,3)12-6-7-17-13(18-12)10-8-9(16)4-5-11(10)15/h4-8H,16H2,1-3H3. The molecular formula is C14H16ClN3. The van der Waals surface area contributed by atoms with Crippen LogP contribution < -0.4 is 5.73 Å². The SMILES string of the molecule is CC(C)(C)c1ccnc(-c2cc(N)ccc2Cl)n1. The highest BCUT2D eigenvalue weighted by molar-refractivity contribution is 6.33. The van der Waals surface area contributed by atoms with Crippen molar-refractivity contribution in [2.24, 2.45) is 0 Å². The number of nitrogen functional groups attached to an aromatic ring is 1. The fourth-order valence-corrected chi connectivity index (χ4v) is 1.82. The fourth-order valence-electron chi connectivity index (χ4n) is 1.62. The predicted octanol–water partition coefficient (Wildman–Crippen LogP) is 3.68. The third kappa shape index (κ3) is 2.62. The second-order valence-corrected chi connectivity index (χ2v) is 5.66. The molecule has 0 fully saturated rings. The Kier molecular flexibility index (Phi) is 3.26. The van der Waals surface area contributed by atoms with Gasteiger partial charge in [0.05, 0.1) is 5.02 Å². The summed E-state index contributed by atoms with van der Waals surface area (Å²) in [4.78, 5) is 8.84. The van der Waals surface area contributed by atoms with Crippen LogP contribution in [0.5, 0.6) is 0 Å². The van der Waals surface area contributed by atoms with Gasteiger partial charge in [0.2, 0.25) is 0 Å². The van der Waals surface area contributed by atoms with Crippen molar-refractivity contribution in [3.63, 3.8) is 0 Å². The first-order chi connectivity index (χ1) is 8.38. The van der Waals surface area contributed by atoms with E-state index in [4.69, 9.17) is 17.3 Å². The lowest BCUT2D eigenvalue weighted by atomic mass is 9.92. The molecule has 0 bridgehead atoms. The lowest BCUT2D eigenvalue weighted by Gasteiger charge is -2.18. The van der Waals surface area contributed by atoms with Crippen molar-refractivity contribution in [1.29, 1.82) is 0 Å². The minimum absolute atomic E-state index is 0.0233. The highest BCUT2D eigenvalue weighted by Gasteiger charge is 2.17. The molecule has 94 valence electrons. The molecule has 1 aromatic carbocycles. The monoisotopic (exact) mass is 261 g/mol. The van der Waals surface area contributed by atoms with Crippen LogP contribution in [0, 0.1) is 0 Å². The maximum atomic E-state index is 6.16. The summed E-state index contributed by atoms with van der Waals surface area (Å²) in [6.45, 7) is 6.33. The van der Waals surface area contributed by atoms with Crippen LogP contribution in [-0.4, -0.2) is 9.97 Å². The van der Waals surface area contributed by atoms with E-state index in [1.54, 1.807) is 24.4 Å². The van der Waals surface area contributed by atoms with Crippen LogP contribution in [0.3, 0.4) is 0 Å². The zero-order chi connectivity index (χ0) is 13.3. The first-order valence-electron chi connectivity index (χ1n) is 5.77. The smallest absolute Gasteiger partial charge is 0.160 e. The van der Waals surface area contributed by atoms with Gasteiger partial charge in [0.15, 0.2) is 5.82 Å². The van der Waals surface area contributed by atoms with Gasteiger partial charge in [-0.25, -0.2) is 9.97 Å². The maximum Gasteiger partial charge on any atom is 0.160 e. The molecule has 2 aromatic rings. The highest BCUT2D eigenvalue weighted by Crippen LogP contribution is 2.28. The molecule has 0 amide bonds. The minimum Gasteiger partial charge on any atom is -0.399 e. The van der Waals surface area contributed by atoms with E-state index >= 15 is 0 Å². The van der Waals surface area contributed by atoms with E-state index in [9.17, 15) is 0 Å². The van der Waals surface area contributed by atoms with E-state index < -0.39 is 0 Å². The molecule has 2 rings (SSSR count). The summed E-state index contributed by atoms with van der Waals surface area (Å²) in [5, 5.41) is 0.607. The van der Waals surface area contributed by atoms with Crippen LogP contribution in [0.4, 0.5) is 5.69 Å². The first kappa shape index (κ1) is 12.8. The van der Waals surface area contributed by atoms with Crippen LogP contribution in [0.1, 0.15) is 26.5 Å². The molecule has 0 spiro atoms. The second kappa shape index (κ2) is 4.58. The molecule has 18 heavy (non-hydrogen) atoms. The summed E-state index contributed by atoms with van der Waals surface area (Å²) in [5.74, 6) is 0.611. The van der Waals surface area contributed by atoms with Crippen LogP contribution in [0.2, 0.25) is 5.02 Å². The van der Waals surface area contributed by atoms with Crippen molar-refractivity contribution in [3.05, 3.63) is 41.2 Å². The molecule has 0 aliphatic carbocycles. The Morgan fingerprint density at radius 1 is 1.17 bits per heavy atom. The molecule has 0 atom stereocenters. The van der Waals surface area contributed by atoms with E-state index in [2.05, 4.69) is 30.7 Å². The van der Waals surface area contributed by atoms with E-state index in [0.29, 0.717) is 16.5 Å². The Labute approximate surface area is 112 Å². The fraction of sp³-hybridized carbons (Fsp3) is 0.286. The highest BCUT2D eigenvalue weighted by atomic mass is 35.5. The van der Waals surface area contributed by atoms with Crippen LogP contribution in [0.25, 0.3) is 11.4 Å². The van der Waals surface area contributed by atoms with Crippen LogP contribution in [0.15, 0.2) is 30.5 Å². The topological polar surface area (TPSA) is 51.8 Å². The van der Waals surface area contributed by atoms with Gasteiger partial charge >= 0.3 is 0 Å². The van der Waals surface area contributed by atoms with Crippen molar-refractivity contribution in [2.45, 2.75) is 26.2 Å². The van der Waals surface area contributed by atoms with E-state index in [1.807, 2.05) is 6.07 Å². The van der Waals surface area contributed by atoms with Gasteiger partial charge in [-0.3, -0.25) is 0 Å². The van der Waals surface area contributed by atoms with Gasteiger partial charge in [0.1, 0.15) is 0 Å². The molecule has 0 unspecified atom stereocenters. The zero-order valence-corrected chi connectivity index (χ0v) is 11.5. The number of aromatic nitrogens is 2. The molecule has 0 aliphatic heterocycles. The van der Waals surface area contributed by atoms with Crippen molar-refractivity contribution in [2.75, 3.05) is 5.73 Å². The van der Waals surface area contributed by atoms with Crippen molar-refractivity contribution >= 4 is 17.3 Å². The normalized spacial score (nSPS) is 11.6. The number of hydrogen-bond donors (Lipinski definition) is 1. The number of anilines is 1. The molecule has 1 heterocycles. The summed E-state index contributed by atoms with van der Waals surface area (Å²) >= 11 is 6.16. The minimum atomic E-state index is -0.0233. The third-order valence-corrected chi connectivity index (χ3v) is 2.98. The molecule has 4 heteroatoms. The molecule has 0 saturated heterocycles. The molecule has 0 aliphatic rings. The van der Waals surface area contributed by atoms with Crippen molar-refractivity contribution in [3.8, 4) is 11.4 Å². The molecule has 3 nitrogen and oxygen atoms in total. The number of rotatable bonds is 1. The Morgan fingerprint density at radius 3 is 2.56 bits per heavy atom. The summed E-state index contributed by atoms with van der Waals surface area (Å²) in [5.41, 5.74) is 8.15. The van der Waals surface area contributed by atoms with Crippen molar-refractivity contribution in [1.82, 2.24) is 9.97 Å². The van der Waals surface area contributed by atoms with Crippen LogP contribution in [-0.2, 0) is 5.41 Å². The lowest BCUT2D eigenvalue weighted by molar-refractivity contribution is 0.568. The quantitative estimate of drug-likeness (QED) is 0.797. The summed E-state index contributed by atoms with van der Waals surface area (Å²) in [6, 6.07) is 7.24. The van der Waals surface area contributed by atoms with Gasteiger partial charge in [0.25, 0.3) is 0 Å². The second-order valence-electron chi connectivity index (χ2n) is 5.25. The molecule has 0 radical (unpaired) electrons. The van der Waals surface area contributed by atoms with Gasteiger partial charge in [-0.15, -0.1) is 0 Å². The first-order valence-corrected chi connectivity index (χ1v) is 6.14. The third-order valence-electron chi connectivity index (χ3n) is 2.66. The molecule has 2 N–H and O–H groups in total. The summed E-state index contributed by atoms with van der Waals surface area (Å²) in [6.07, 6.45) is 1.75. The summed E-state index contributed by atoms with van der Waals surface area (Å²) in [7, 11) is 0. The van der Waals surface area contributed by atoms with E-state index in [1.165, 1.54) is 0 Å². The van der Waals surface area contributed by atoms with Gasteiger partial charge in [-0.1, -0.05) is 32.4 Å². The number of benzene rings is 1. The Hall–Kier alpha value is -1.61. The largest absolute Gasteiger partial charge is 0.399 e. The molecule has 0 saturated carbocycles. The average molecular weight is 262 g/mol. The molecular weight excluding hydrogens is 246 g/mol. The number of hydrogen-bond acceptors (Lipinski definition) is 3. The van der Waals surface area contributed by atoms with Gasteiger partial charge in [-0.05, 0) is 24.3 Å². The van der Waals surface area contributed by atoms with Crippen molar-refractivity contribution < 1.29 is 0 Å². The number of nitrogens with zero attached hydrogens (tertiary/aromatic N) is 2. The Balaban J connectivity index is 2.55. The number of halogens is 1. The molecule has 1 aromatic heterocycles. The number of nitrogens with two attached hydrogens (primary N) is 1. The van der Waals surface area contributed by atoms with Gasteiger partial charge in [0, 0.05) is 28.6 Å². The maximum absolute atomic E-state index is 6.16. The zero-order valence-electron chi connectivity index (χ0n) is 10.7. The summed E-state index contributed by atoms with van der Waals surface area (Å²) < 4.78 is 0. The average Bonchev–Trinajstić information content (AvgIpc) is 2.31. The van der Waals surface area contributed by atoms with Crippen LogP contribution >= 0.6 is 11.6 Å². The Morgan fingerprint density at radius 2 is 1.89 bits per heavy atom. The van der Waals surface area contributed by atoms with E-state index in [-0.39, 0.29) is 5.41 Å².